The molecule has 1 unspecified atom stereocenters. The Bertz CT molecular complexity index is 1540. The summed E-state index contributed by atoms with van der Waals surface area (Å²) in [5.41, 5.74) is 1.48. The first kappa shape index (κ1) is 23.0. The van der Waals surface area contributed by atoms with Gasteiger partial charge in [-0.25, -0.2) is 4.39 Å². The molecule has 8 nitrogen and oxygen atoms in total. The smallest absolute Gasteiger partial charge is 0.295 e. The number of halogens is 1. The van der Waals surface area contributed by atoms with Gasteiger partial charge in [-0.1, -0.05) is 30.3 Å². The molecular weight excluding hydrogens is 465 g/mol. The molecule has 1 saturated heterocycles. The molecule has 0 spiro atoms. The van der Waals surface area contributed by atoms with Crippen LogP contribution in [0.4, 0.5) is 10.1 Å². The maximum Gasteiger partial charge on any atom is 0.295 e. The number of Topliss-reactive ketones (excluding diaryl/α,β-unsaturated/α-hetero) is 1. The number of rotatable bonds is 6. The first-order valence-electron chi connectivity index (χ1n) is 11.2. The number of likely N-dealkylation sites (tertiary alicyclic amines) is 1. The number of hydrogen-bond donors (Lipinski definition) is 2. The number of ketones is 1. The fraction of sp³-hybridized carbons (Fsp3) is 0.111. The van der Waals surface area contributed by atoms with Crippen LogP contribution in [0.5, 0.6) is 0 Å². The van der Waals surface area contributed by atoms with Gasteiger partial charge in [0.25, 0.3) is 17.4 Å². The number of H-pyrrole nitrogens is 1. The first-order chi connectivity index (χ1) is 17.4. The molecular formula is C27H20FN3O5. The number of carbonyl (C=O) groups excluding carboxylic acids is 2. The highest BCUT2D eigenvalue weighted by atomic mass is 19.1. The Kier molecular flexibility index (Phi) is 5.81. The van der Waals surface area contributed by atoms with E-state index in [1.807, 2.05) is 30.5 Å². The van der Waals surface area contributed by atoms with Crippen LogP contribution in [0.15, 0.2) is 84.6 Å². The van der Waals surface area contributed by atoms with Gasteiger partial charge >= 0.3 is 0 Å². The van der Waals surface area contributed by atoms with Gasteiger partial charge in [0, 0.05) is 35.3 Å². The van der Waals surface area contributed by atoms with E-state index < -0.39 is 34.2 Å². The molecule has 5 rings (SSSR count). The van der Waals surface area contributed by atoms with Gasteiger partial charge in [0.1, 0.15) is 11.6 Å². The monoisotopic (exact) mass is 485 g/mol. The van der Waals surface area contributed by atoms with Gasteiger partial charge in [0.2, 0.25) is 0 Å². The van der Waals surface area contributed by atoms with E-state index >= 15 is 0 Å². The Morgan fingerprint density at radius 3 is 2.47 bits per heavy atom. The number of nitrogens with one attached hydrogen (secondary N) is 1. The molecule has 4 aromatic rings. The number of amides is 1. The van der Waals surface area contributed by atoms with E-state index in [2.05, 4.69) is 4.98 Å². The average molecular weight is 485 g/mol. The predicted molar refractivity (Wildman–Crippen MR) is 131 cm³/mol. The van der Waals surface area contributed by atoms with Crippen molar-refractivity contribution in [3.63, 3.8) is 0 Å². The third-order valence-corrected chi connectivity index (χ3v) is 6.38. The van der Waals surface area contributed by atoms with Gasteiger partial charge < -0.3 is 15.0 Å². The fourth-order valence-electron chi connectivity index (χ4n) is 4.66. The number of nitrogens with zero attached hydrogens (tertiary/aromatic N) is 2. The second-order valence-electron chi connectivity index (χ2n) is 8.42. The molecule has 1 amide bonds. The number of carbonyl (C=O) groups is 2. The molecule has 9 heteroatoms. The number of aliphatic hydroxyl groups excluding tert-OH is 1. The number of aromatic amines is 1. The first-order valence-corrected chi connectivity index (χ1v) is 11.2. The van der Waals surface area contributed by atoms with Crippen molar-refractivity contribution < 1.29 is 24.0 Å². The summed E-state index contributed by atoms with van der Waals surface area (Å²) in [7, 11) is 0. The minimum absolute atomic E-state index is 0.0728. The van der Waals surface area contributed by atoms with Crippen LogP contribution in [0.1, 0.15) is 22.7 Å². The molecule has 1 aromatic heterocycles. The summed E-state index contributed by atoms with van der Waals surface area (Å²) in [6.07, 6.45) is 2.19. The standard InChI is InChI=1S/C27H20FN3O5/c28-18-11-9-16(10-12-18)25(32)23-24(20-6-2-4-8-22(20)31(35)36)30(27(34)26(23)33)14-13-17-15-29-21-7-3-1-5-19(17)21/h1-12,15,24,29,32H,13-14H2/b25-23-. The van der Waals surface area contributed by atoms with Crippen molar-refractivity contribution >= 4 is 34.0 Å². The number of aromatic nitrogens is 1. The van der Waals surface area contributed by atoms with Crippen LogP contribution in [-0.2, 0) is 16.0 Å². The Morgan fingerprint density at radius 2 is 1.72 bits per heavy atom. The van der Waals surface area contributed by atoms with Crippen LogP contribution < -0.4 is 0 Å². The van der Waals surface area contributed by atoms with E-state index in [1.165, 1.54) is 35.2 Å². The summed E-state index contributed by atoms with van der Waals surface area (Å²) in [5.74, 6) is -2.90. The molecule has 1 atom stereocenters. The largest absolute Gasteiger partial charge is 0.507 e. The Hall–Kier alpha value is -4.79. The quantitative estimate of drug-likeness (QED) is 0.133. The molecule has 0 radical (unpaired) electrons. The highest BCUT2D eigenvalue weighted by Gasteiger charge is 2.47. The maximum atomic E-state index is 13.5. The van der Waals surface area contributed by atoms with Crippen molar-refractivity contribution in [3.8, 4) is 0 Å². The Morgan fingerprint density at radius 1 is 1.03 bits per heavy atom. The lowest BCUT2D eigenvalue weighted by atomic mass is 9.94. The number of nitro benzene ring substituents is 1. The summed E-state index contributed by atoms with van der Waals surface area (Å²) in [6, 6.07) is 17.0. The average Bonchev–Trinajstić information content (AvgIpc) is 3.41. The van der Waals surface area contributed by atoms with E-state index in [1.54, 1.807) is 6.07 Å². The van der Waals surface area contributed by atoms with Crippen molar-refractivity contribution in [1.82, 2.24) is 9.88 Å². The molecule has 3 aromatic carbocycles. The summed E-state index contributed by atoms with van der Waals surface area (Å²) in [4.78, 5) is 42.0. The van der Waals surface area contributed by atoms with E-state index in [9.17, 15) is 29.2 Å². The van der Waals surface area contributed by atoms with Gasteiger partial charge in [0.15, 0.2) is 0 Å². The highest BCUT2D eigenvalue weighted by Crippen LogP contribution is 2.42. The van der Waals surface area contributed by atoms with Crippen LogP contribution in [0.2, 0.25) is 0 Å². The Balaban J connectivity index is 1.62. The summed E-state index contributed by atoms with van der Waals surface area (Å²) < 4.78 is 13.5. The maximum absolute atomic E-state index is 13.5. The molecule has 180 valence electrons. The van der Waals surface area contributed by atoms with Gasteiger partial charge in [-0.05, 0) is 48.4 Å². The minimum atomic E-state index is -1.19. The Labute approximate surface area is 204 Å². The van der Waals surface area contributed by atoms with E-state index in [0.717, 1.165) is 28.6 Å². The minimum Gasteiger partial charge on any atom is -0.507 e. The topological polar surface area (TPSA) is 117 Å². The van der Waals surface area contributed by atoms with Crippen LogP contribution in [-0.4, -0.2) is 38.1 Å². The highest BCUT2D eigenvalue weighted by molar-refractivity contribution is 6.46. The number of para-hydroxylation sites is 2. The fourth-order valence-corrected chi connectivity index (χ4v) is 4.66. The van der Waals surface area contributed by atoms with Crippen LogP contribution in [0.3, 0.4) is 0 Å². The lowest BCUT2D eigenvalue weighted by Crippen LogP contribution is -2.32. The third kappa shape index (κ3) is 3.90. The van der Waals surface area contributed by atoms with Crippen LogP contribution >= 0.6 is 0 Å². The molecule has 36 heavy (non-hydrogen) atoms. The van der Waals surface area contributed by atoms with Crippen molar-refractivity contribution in [2.24, 2.45) is 0 Å². The molecule has 1 fully saturated rings. The summed E-state index contributed by atoms with van der Waals surface area (Å²) in [5, 5.41) is 23.8. The molecule has 1 aliphatic heterocycles. The second kappa shape index (κ2) is 9.10. The molecule has 1 aliphatic rings. The molecule has 2 heterocycles. The van der Waals surface area contributed by atoms with Crippen LogP contribution in [0, 0.1) is 15.9 Å². The molecule has 0 aliphatic carbocycles. The summed E-state index contributed by atoms with van der Waals surface area (Å²) >= 11 is 0. The van der Waals surface area contributed by atoms with Gasteiger partial charge in [-0.15, -0.1) is 0 Å². The zero-order chi connectivity index (χ0) is 25.4. The van der Waals surface area contributed by atoms with Crippen molar-refractivity contribution in [1.29, 1.82) is 0 Å². The van der Waals surface area contributed by atoms with Crippen molar-refractivity contribution in [3.05, 3.63) is 117 Å². The van der Waals surface area contributed by atoms with Gasteiger partial charge in [-0.3, -0.25) is 19.7 Å². The van der Waals surface area contributed by atoms with E-state index in [0.29, 0.717) is 6.42 Å². The number of aliphatic hydroxyl groups is 1. The number of nitro groups is 1. The number of fused-ring (bicyclic) bond motifs is 1. The SMILES string of the molecule is O=C1C(=O)N(CCc2c[nH]c3ccccc23)C(c2ccccc2[N+](=O)[O-])/C1=C(/O)c1ccc(F)cc1. The van der Waals surface area contributed by atoms with Crippen LogP contribution in [0.25, 0.3) is 16.7 Å². The normalized spacial score (nSPS) is 17.1. The number of benzene rings is 3. The van der Waals surface area contributed by atoms with Gasteiger partial charge in [0.05, 0.1) is 22.1 Å². The molecule has 0 saturated carbocycles. The van der Waals surface area contributed by atoms with E-state index in [-0.39, 0.29) is 28.9 Å². The van der Waals surface area contributed by atoms with Gasteiger partial charge in [-0.2, -0.15) is 0 Å². The second-order valence-corrected chi connectivity index (χ2v) is 8.42. The van der Waals surface area contributed by atoms with E-state index in [4.69, 9.17) is 0 Å². The number of hydrogen-bond acceptors (Lipinski definition) is 5. The third-order valence-electron chi connectivity index (χ3n) is 6.38. The van der Waals surface area contributed by atoms with Crippen molar-refractivity contribution in [2.45, 2.75) is 12.5 Å². The predicted octanol–water partition coefficient (Wildman–Crippen LogP) is 4.88. The lowest BCUT2D eigenvalue weighted by molar-refractivity contribution is -0.385. The lowest BCUT2D eigenvalue weighted by Gasteiger charge is -2.25. The molecule has 0 bridgehead atoms. The van der Waals surface area contributed by atoms with Crippen molar-refractivity contribution in [2.75, 3.05) is 6.54 Å². The summed E-state index contributed by atoms with van der Waals surface area (Å²) in [6.45, 7) is 0.0728. The zero-order valence-electron chi connectivity index (χ0n) is 18.8. The molecule has 2 N–H and O–H groups in total. The zero-order valence-corrected chi connectivity index (χ0v) is 18.8.